The van der Waals surface area contributed by atoms with E-state index in [2.05, 4.69) is 62.5 Å². The summed E-state index contributed by atoms with van der Waals surface area (Å²) in [5.41, 5.74) is 3.84. The van der Waals surface area contributed by atoms with E-state index in [4.69, 9.17) is 4.74 Å². The minimum absolute atomic E-state index is 0.279. The Morgan fingerprint density at radius 1 is 0.900 bits per heavy atom. The Morgan fingerprint density at radius 3 is 2.20 bits per heavy atom. The van der Waals surface area contributed by atoms with Crippen molar-refractivity contribution in [3.8, 4) is 5.75 Å². The highest BCUT2D eigenvalue weighted by molar-refractivity contribution is 5.31. The smallest absolute Gasteiger partial charge is 0.119 e. The van der Waals surface area contributed by atoms with Gasteiger partial charge in [-0.05, 0) is 44.0 Å². The molecule has 0 aromatic heterocycles. The molecule has 2 rings (SSSR count). The van der Waals surface area contributed by atoms with Gasteiger partial charge < -0.3 is 10.1 Å². The van der Waals surface area contributed by atoms with E-state index in [1.54, 1.807) is 7.11 Å². The van der Waals surface area contributed by atoms with Gasteiger partial charge >= 0.3 is 0 Å². The molecule has 0 bridgehead atoms. The van der Waals surface area contributed by atoms with Crippen molar-refractivity contribution in [2.75, 3.05) is 7.11 Å². The summed E-state index contributed by atoms with van der Waals surface area (Å²) in [5.74, 6) is 0.902. The zero-order valence-electron chi connectivity index (χ0n) is 12.7. The van der Waals surface area contributed by atoms with Crippen LogP contribution in [0, 0.1) is 6.92 Å². The van der Waals surface area contributed by atoms with Crippen LogP contribution < -0.4 is 10.1 Å². The van der Waals surface area contributed by atoms with Gasteiger partial charge in [0.2, 0.25) is 0 Å². The van der Waals surface area contributed by atoms with Crippen LogP contribution in [0.15, 0.2) is 48.5 Å². The Morgan fingerprint density at radius 2 is 1.55 bits per heavy atom. The lowest BCUT2D eigenvalue weighted by Crippen LogP contribution is -2.22. The van der Waals surface area contributed by atoms with Gasteiger partial charge in [-0.1, -0.05) is 42.0 Å². The molecular formula is C18H23NO. The minimum Gasteiger partial charge on any atom is -0.497 e. The Labute approximate surface area is 121 Å². The van der Waals surface area contributed by atoms with Gasteiger partial charge in [-0.25, -0.2) is 0 Å². The SMILES string of the molecule is COc1cccc([C@H](C)NC(C)c2ccc(C)cc2)c1. The number of benzene rings is 2. The Bertz CT molecular complexity index is 548. The first-order chi connectivity index (χ1) is 9.60. The van der Waals surface area contributed by atoms with Gasteiger partial charge in [-0.3, -0.25) is 0 Å². The van der Waals surface area contributed by atoms with Gasteiger partial charge in [-0.15, -0.1) is 0 Å². The maximum absolute atomic E-state index is 5.28. The molecule has 0 amide bonds. The van der Waals surface area contributed by atoms with Crippen molar-refractivity contribution in [1.82, 2.24) is 5.32 Å². The molecular weight excluding hydrogens is 246 g/mol. The summed E-state index contributed by atoms with van der Waals surface area (Å²) in [6, 6.07) is 17.5. The van der Waals surface area contributed by atoms with Crippen LogP contribution in [0.2, 0.25) is 0 Å². The Balaban J connectivity index is 2.06. The second-order valence-corrected chi connectivity index (χ2v) is 5.30. The van der Waals surface area contributed by atoms with E-state index in [0.29, 0.717) is 6.04 Å². The van der Waals surface area contributed by atoms with Crippen LogP contribution in [-0.4, -0.2) is 7.11 Å². The molecule has 0 saturated heterocycles. The first kappa shape index (κ1) is 14.6. The molecule has 1 N–H and O–H groups in total. The molecule has 0 saturated carbocycles. The van der Waals surface area contributed by atoms with Crippen molar-refractivity contribution in [2.45, 2.75) is 32.9 Å². The number of nitrogens with one attached hydrogen (secondary N) is 1. The van der Waals surface area contributed by atoms with Crippen LogP contribution >= 0.6 is 0 Å². The molecule has 0 aliphatic carbocycles. The van der Waals surface area contributed by atoms with Gasteiger partial charge in [0, 0.05) is 12.1 Å². The summed E-state index contributed by atoms with van der Waals surface area (Å²) in [6.07, 6.45) is 0. The van der Waals surface area contributed by atoms with E-state index in [9.17, 15) is 0 Å². The monoisotopic (exact) mass is 269 g/mol. The predicted molar refractivity (Wildman–Crippen MR) is 84.1 cm³/mol. The predicted octanol–water partition coefficient (Wildman–Crippen LogP) is 4.42. The number of rotatable bonds is 5. The van der Waals surface area contributed by atoms with Crippen molar-refractivity contribution >= 4 is 0 Å². The quantitative estimate of drug-likeness (QED) is 0.867. The molecule has 0 spiro atoms. The maximum Gasteiger partial charge on any atom is 0.119 e. The second-order valence-electron chi connectivity index (χ2n) is 5.30. The Hall–Kier alpha value is -1.80. The molecule has 2 aromatic rings. The van der Waals surface area contributed by atoms with Crippen LogP contribution in [0.4, 0.5) is 0 Å². The number of aryl methyl sites for hydroxylation is 1. The van der Waals surface area contributed by atoms with Crippen molar-refractivity contribution in [3.05, 3.63) is 65.2 Å². The lowest BCUT2D eigenvalue weighted by atomic mass is 10.0. The average Bonchev–Trinajstić information content (AvgIpc) is 2.47. The highest BCUT2D eigenvalue weighted by Gasteiger charge is 2.11. The number of hydrogen-bond acceptors (Lipinski definition) is 2. The summed E-state index contributed by atoms with van der Waals surface area (Å²) in [6.45, 7) is 6.49. The third-order valence-corrected chi connectivity index (χ3v) is 3.67. The largest absolute Gasteiger partial charge is 0.497 e. The van der Waals surface area contributed by atoms with Crippen LogP contribution in [0.1, 0.15) is 42.6 Å². The highest BCUT2D eigenvalue weighted by Crippen LogP contribution is 2.22. The first-order valence-electron chi connectivity index (χ1n) is 7.06. The fourth-order valence-corrected chi connectivity index (χ4v) is 2.33. The fourth-order valence-electron chi connectivity index (χ4n) is 2.33. The van der Waals surface area contributed by atoms with E-state index < -0.39 is 0 Å². The van der Waals surface area contributed by atoms with Gasteiger partial charge in [0.25, 0.3) is 0 Å². The van der Waals surface area contributed by atoms with Gasteiger partial charge in [0.1, 0.15) is 5.75 Å². The molecule has 0 radical (unpaired) electrons. The minimum atomic E-state index is 0.279. The molecule has 0 aliphatic rings. The summed E-state index contributed by atoms with van der Waals surface area (Å²) in [7, 11) is 1.70. The molecule has 20 heavy (non-hydrogen) atoms. The zero-order chi connectivity index (χ0) is 14.5. The summed E-state index contributed by atoms with van der Waals surface area (Å²) < 4.78 is 5.28. The second kappa shape index (κ2) is 6.58. The summed E-state index contributed by atoms with van der Waals surface area (Å²) in [4.78, 5) is 0. The van der Waals surface area contributed by atoms with E-state index in [1.807, 2.05) is 12.1 Å². The molecule has 1 unspecified atom stereocenters. The lowest BCUT2D eigenvalue weighted by molar-refractivity contribution is 0.412. The highest BCUT2D eigenvalue weighted by atomic mass is 16.5. The van der Waals surface area contributed by atoms with Crippen molar-refractivity contribution in [1.29, 1.82) is 0 Å². The van der Waals surface area contributed by atoms with E-state index >= 15 is 0 Å². The van der Waals surface area contributed by atoms with Crippen LogP contribution in [0.25, 0.3) is 0 Å². The van der Waals surface area contributed by atoms with E-state index in [0.717, 1.165) is 5.75 Å². The van der Waals surface area contributed by atoms with E-state index in [1.165, 1.54) is 16.7 Å². The number of methoxy groups -OCH3 is 1. The lowest BCUT2D eigenvalue weighted by Gasteiger charge is -2.21. The van der Waals surface area contributed by atoms with Crippen molar-refractivity contribution in [3.63, 3.8) is 0 Å². The summed E-state index contributed by atoms with van der Waals surface area (Å²) in [5, 5.41) is 3.63. The van der Waals surface area contributed by atoms with Crippen LogP contribution in [-0.2, 0) is 0 Å². The van der Waals surface area contributed by atoms with Crippen LogP contribution in [0.3, 0.4) is 0 Å². The molecule has 0 fully saturated rings. The third-order valence-electron chi connectivity index (χ3n) is 3.67. The average molecular weight is 269 g/mol. The molecule has 0 heterocycles. The molecule has 106 valence electrons. The van der Waals surface area contributed by atoms with E-state index in [-0.39, 0.29) is 6.04 Å². The van der Waals surface area contributed by atoms with Gasteiger partial charge in [0.05, 0.1) is 7.11 Å². The standard InChI is InChI=1S/C18H23NO/c1-13-8-10-16(11-9-13)14(2)19-15(3)17-6-5-7-18(12-17)20-4/h5-12,14-15,19H,1-4H3/t14?,15-/m0/s1. The molecule has 2 atom stereocenters. The van der Waals surface area contributed by atoms with Gasteiger partial charge in [-0.2, -0.15) is 0 Å². The normalized spacial score (nSPS) is 13.8. The van der Waals surface area contributed by atoms with Gasteiger partial charge in [0.15, 0.2) is 0 Å². The van der Waals surface area contributed by atoms with Crippen molar-refractivity contribution < 1.29 is 4.74 Å². The molecule has 0 aliphatic heterocycles. The summed E-state index contributed by atoms with van der Waals surface area (Å²) >= 11 is 0. The number of ether oxygens (including phenoxy) is 1. The first-order valence-corrected chi connectivity index (χ1v) is 7.06. The maximum atomic E-state index is 5.28. The zero-order valence-corrected chi connectivity index (χ0v) is 12.7. The van der Waals surface area contributed by atoms with Crippen molar-refractivity contribution in [2.24, 2.45) is 0 Å². The van der Waals surface area contributed by atoms with Crippen LogP contribution in [0.5, 0.6) is 5.75 Å². The Kier molecular flexibility index (Phi) is 4.80. The molecule has 2 nitrogen and oxygen atoms in total. The fraction of sp³-hybridized carbons (Fsp3) is 0.333. The molecule has 2 aromatic carbocycles. The topological polar surface area (TPSA) is 21.3 Å². The number of hydrogen-bond donors (Lipinski definition) is 1. The molecule has 2 heteroatoms. The third kappa shape index (κ3) is 3.61.